The van der Waals surface area contributed by atoms with Gasteiger partial charge in [0.15, 0.2) is 0 Å². The molecule has 0 spiro atoms. The molecule has 1 aliphatic carbocycles. The molecular weight excluding hydrogens is 234 g/mol. The molecule has 0 heterocycles. The first kappa shape index (κ1) is 15.4. The van der Waals surface area contributed by atoms with E-state index in [9.17, 15) is 4.79 Å². The van der Waals surface area contributed by atoms with E-state index in [-0.39, 0.29) is 5.92 Å². The van der Waals surface area contributed by atoms with Crippen molar-refractivity contribution >= 4 is 5.91 Å². The molecular formula is C12H25N3O3. The summed E-state index contributed by atoms with van der Waals surface area (Å²) in [4.78, 5) is 13.7. The SMILES string of the molecule is COCCN(CCOC)CC(N)(C(N)=O)C1CC1. The first-order valence-corrected chi connectivity index (χ1v) is 6.33. The highest BCUT2D eigenvalue weighted by Gasteiger charge is 2.47. The molecule has 0 aromatic carbocycles. The Morgan fingerprint density at radius 2 is 1.78 bits per heavy atom. The van der Waals surface area contributed by atoms with Crippen LogP contribution in [0.2, 0.25) is 0 Å². The number of hydrogen-bond acceptors (Lipinski definition) is 5. The van der Waals surface area contributed by atoms with Gasteiger partial charge in [0.2, 0.25) is 5.91 Å². The van der Waals surface area contributed by atoms with Crippen LogP contribution in [0.5, 0.6) is 0 Å². The molecule has 6 nitrogen and oxygen atoms in total. The van der Waals surface area contributed by atoms with Gasteiger partial charge >= 0.3 is 0 Å². The molecule has 0 aromatic rings. The van der Waals surface area contributed by atoms with Crippen molar-refractivity contribution in [3.8, 4) is 0 Å². The minimum atomic E-state index is -0.915. The summed E-state index contributed by atoms with van der Waals surface area (Å²) in [6.45, 7) is 3.11. The van der Waals surface area contributed by atoms with E-state index < -0.39 is 11.4 Å². The van der Waals surface area contributed by atoms with Crippen LogP contribution in [0, 0.1) is 5.92 Å². The fraction of sp³-hybridized carbons (Fsp3) is 0.917. The van der Waals surface area contributed by atoms with Crippen molar-refractivity contribution < 1.29 is 14.3 Å². The van der Waals surface area contributed by atoms with Crippen LogP contribution in [0.25, 0.3) is 0 Å². The van der Waals surface area contributed by atoms with E-state index >= 15 is 0 Å². The number of nitrogens with two attached hydrogens (primary N) is 2. The van der Waals surface area contributed by atoms with Gasteiger partial charge in [-0.05, 0) is 18.8 Å². The largest absolute Gasteiger partial charge is 0.383 e. The fourth-order valence-corrected chi connectivity index (χ4v) is 2.09. The topological polar surface area (TPSA) is 90.8 Å². The summed E-state index contributed by atoms with van der Waals surface area (Å²) in [6.07, 6.45) is 1.98. The van der Waals surface area contributed by atoms with E-state index in [0.29, 0.717) is 19.8 Å². The lowest BCUT2D eigenvalue weighted by Crippen LogP contribution is -2.61. The number of carbonyl (C=O) groups excluding carboxylic acids is 1. The molecule has 0 bridgehead atoms. The van der Waals surface area contributed by atoms with Gasteiger partial charge in [-0.1, -0.05) is 0 Å². The van der Waals surface area contributed by atoms with Crippen molar-refractivity contribution in [2.45, 2.75) is 18.4 Å². The second-order valence-electron chi connectivity index (χ2n) is 4.94. The Hall–Kier alpha value is -0.690. The van der Waals surface area contributed by atoms with Crippen molar-refractivity contribution in [3.63, 3.8) is 0 Å². The zero-order valence-electron chi connectivity index (χ0n) is 11.4. The van der Waals surface area contributed by atoms with Crippen LogP contribution in [-0.2, 0) is 14.3 Å². The first-order valence-electron chi connectivity index (χ1n) is 6.33. The van der Waals surface area contributed by atoms with Gasteiger partial charge in [-0.3, -0.25) is 9.69 Å². The molecule has 4 N–H and O–H groups in total. The number of primary amides is 1. The number of ether oxygens (including phenoxy) is 2. The van der Waals surface area contributed by atoms with Gasteiger partial charge < -0.3 is 20.9 Å². The van der Waals surface area contributed by atoms with Crippen molar-refractivity contribution in [1.82, 2.24) is 4.90 Å². The molecule has 1 aliphatic rings. The van der Waals surface area contributed by atoms with Crippen LogP contribution in [-0.4, -0.2) is 63.4 Å². The summed E-state index contributed by atoms with van der Waals surface area (Å²) < 4.78 is 10.1. The number of hydrogen-bond donors (Lipinski definition) is 2. The highest BCUT2D eigenvalue weighted by Crippen LogP contribution is 2.38. The standard InChI is InChI=1S/C12H25N3O3/c1-17-7-5-15(6-8-18-2)9-12(14,11(13)16)10-3-4-10/h10H,3-9,14H2,1-2H3,(H2,13,16). The lowest BCUT2D eigenvalue weighted by Gasteiger charge is -2.33. The summed E-state index contributed by atoms with van der Waals surface area (Å²) in [5.41, 5.74) is 10.7. The zero-order valence-corrected chi connectivity index (χ0v) is 11.4. The van der Waals surface area contributed by atoms with Crippen LogP contribution >= 0.6 is 0 Å². The van der Waals surface area contributed by atoms with Crippen molar-refractivity contribution in [2.24, 2.45) is 17.4 Å². The lowest BCUT2D eigenvalue weighted by molar-refractivity contribution is -0.124. The molecule has 6 heteroatoms. The monoisotopic (exact) mass is 259 g/mol. The first-order chi connectivity index (χ1) is 8.54. The van der Waals surface area contributed by atoms with Crippen molar-refractivity contribution in [3.05, 3.63) is 0 Å². The molecule has 1 atom stereocenters. The normalized spacial score (nSPS) is 18.9. The van der Waals surface area contributed by atoms with Crippen LogP contribution < -0.4 is 11.5 Å². The van der Waals surface area contributed by atoms with Gasteiger partial charge in [0, 0.05) is 33.9 Å². The maximum Gasteiger partial charge on any atom is 0.239 e. The van der Waals surface area contributed by atoms with Gasteiger partial charge in [0.05, 0.1) is 13.2 Å². The Morgan fingerprint density at radius 1 is 1.28 bits per heavy atom. The summed E-state index contributed by atoms with van der Waals surface area (Å²) in [6, 6.07) is 0. The zero-order chi connectivity index (χ0) is 13.6. The van der Waals surface area contributed by atoms with Gasteiger partial charge in [-0.15, -0.1) is 0 Å². The number of carbonyl (C=O) groups is 1. The Bertz CT molecular complexity index is 263. The van der Waals surface area contributed by atoms with Crippen LogP contribution in [0.3, 0.4) is 0 Å². The molecule has 1 saturated carbocycles. The molecule has 0 aromatic heterocycles. The van der Waals surface area contributed by atoms with Gasteiger partial charge in [0.25, 0.3) is 0 Å². The van der Waals surface area contributed by atoms with Gasteiger partial charge in [-0.25, -0.2) is 0 Å². The quantitative estimate of drug-likeness (QED) is 0.534. The predicted octanol–water partition coefficient (Wildman–Crippen LogP) is -0.826. The van der Waals surface area contributed by atoms with Crippen LogP contribution in [0.4, 0.5) is 0 Å². The molecule has 0 saturated heterocycles. The molecule has 1 rings (SSSR count). The number of rotatable bonds is 10. The number of methoxy groups -OCH3 is 2. The smallest absolute Gasteiger partial charge is 0.239 e. The average Bonchev–Trinajstić information content (AvgIpc) is 3.16. The van der Waals surface area contributed by atoms with E-state index in [2.05, 4.69) is 4.90 Å². The van der Waals surface area contributed by atoms with Crippen LogP contribution in [0.1, 0.15) is 12.8 Å². The lowest BCUT2D eigenvalue weighted by atomic mass is 9.93. The molecule has 0 aliphatic heterocycles. The minimum Gasteiger partial charge on any atom is -0.383 e. The predicted molar refractivity (Wildman–Crippen MR) is 69.0 cm³/mol. The third kappa shape index (κ3) is 4.20. The number of nitrogens with zero attached hydrogens (tertiary/aromatic N) is 1. The molecule has 1 fully saturated rings. The average molecular weight is 259 g/mol. The van der Waals surface area contributed by atoms with Crippen LogP contribution in [0.15, 0.2) is 0 Å². The molecule has 0 radical (unpaired) electrons. The van der Waals surface area contributed by atoms with E-state index in [1.165, 1.54) is 0 Å². The van der Waals surface area contributed by atoms with Crippen molar-refractivity contribution in [2.75, 3.05) is 47.1 Å². The van der Waals surface area contributed by atoms with Crippen molar-refractivity contribution in [1.29, 1.82) is 0 Å². The number of amides is 1. The molecule has 18 heavy (non-hydrogen) atoms. The second-order valence-corrected chi connectivity index (χ2v) is 4.94. The molecule has 1 amide bonds. The Kier molecular flexibility index (Phi) is 6.01. The van der Waals surface area contributed by atoms with E-state index in [4.69, 9.17) is 20.9 Å². The second kappa shape index (κ2) is 7.04. The highest BCUT2D eigenvalue weighted by molar-refractivity contribution is 5.85. The van der Waals surface area contributed by atoms with E-state index in [1.54, 1.807) is 14.2 Å². The summed E-state index contributed by atoms with van der Waals surface area (Å²) in [5.74, 6) is -0.188. The summed E-state index contributed by atoms with van der Waals surface area (Å²) in [5, 5.41) is 0. The van der Waals surface area contributed by atoms with Gasteiger partial charge in [0.1, 0.15) is 5.54 Å². The van der Waals surface area contributed by atoms with E-state index in [1.807, 2.05) is 0 Å². The van der Waals surface area contributed by atoms with E-state index in [0.717, 1.165) is 25.9 Å². The molecule has 106 valence electrons. The highest BCUT2D eigenvalue weighted by atomic mass is 16.5. The summed E-state index contributed by atoms with van der Waals surface area (Å²) >= 11 is 0. The maximum absolute atomic E-state index is 11.6. The Morgan fingerprint density at radius 3 is 2.11 bits per heavy atom. The maximum atomic E-state index is 11.6. The third-order valence-corrected chi connectivity index (χ3v) is 3.47. The Labute approximate surface area is 109 Å². The molecule has 1 unspecified atom stereocenters. The third-order valence-electron chi connectivity index (χ3n) is 3.47. The fourth-order valence-electron chi connectivity index (χ4n) is 2.09. The Balaban J connectivity index is 2.57. The summed E-state index contributed by atoms with van der Waals surface area (Å²) in [7, 11) is 3.30. The van der Waals surface area contributed by atoms with Gasteiger partial charge in [-0.2, -0.15) is 0 Å². The minimum absolute atomic E-state index is 0.225.